The van der Waals surface area contributed by atoms with Crippen LogP contribution in [0.4, 0.5) is 0 Å². The molecule has 1 heteroatoms. The van der Waals surface area contributed by atoms with E-state index >= 15 is 0 Å². The number of ketones is 1. The minimum Gasteiger partial charge on any atom is -0.293 e. The Morgan fingerprint density at radius 3 is 1.68 bits per heavy atom. The van der Waals surface area contributed by atoms with Gasteiger partial charge in [0.2, 0.25) is 0 Å². The lowest BCUT2D eigenvalue weighted by Gasteiger charge is -2.28. The van der Waals surface area contributed by atoms with E-state index < -0.39 is 5.41 Å². The van der Waals surface area contributed by atoms with Crippen LogP contribution in [0.25, 0.3) is 0 Å². The number of carbonyl (C=O) groups excluding carboxylic acids is 1. The normalized spacial score (nSPS) is 15.5. The zero-order valence-corrected chi connectivity index (χ0v) is 12.2. The molecule has 0 heterocycles. The molecule has 0 radical (unpaired) electrons. The fraction of sp³-hybridized carbons (Fsp3) is 0.0952. The van der Waals surface area contributed by atoms with Crippen LogP contribution in [-0.4, -0.2) is 5.78 Å². The quantitative estimate of drug-likeness (QED) is 0.681. The molecule has 0 saturated carbocycles. The molecule has 0 amide bonds. The number of Topliss-reactive ketones (excluding diaryl/α,β-unsaturated/α-hetero) is 1. The third kappa shape index (κ3) is 1.75. The standard InChI is InChI=1S/C21H16O/c22-20-19-14-8-7-9-16(19)15-21(20,17-10-3-1-4-11-17)18-12-5-2-6-13-18/h1-14H,15H2. The van der Waals surface area contributed by atoms with Gasteiger partial charge in [-0.3, -0.25) is 4.79 Å². The molecule has 106 valence electrons. The van der Waals surface area contributed by atoms with E-state index in [1.54, 1.807) is 0 Å². The first-order valence-corrected chi connectivity index (χ1v) is 7.56. The van der Waals surface area contributed by atoms with Crippen molar-refractivity contribution >= 4 is 5.78 Å². The SMILES string of the molecule is O=C1c2ccccc2CC1(c1ccccc1)c1ccccc1. The predicted molar refractivity (Wildman–Crippen MR) is 88.1 cm³/mol. The van der Waals surface area contributed by atoms with Crippen molar-refractivity contribution in [2.45, 2.75) is 11.8 Å². The maximum Gasteiger partial charge on any atom is 0.178 e. The van der Waals surface area contributed by atoms with Crippen LogP contribution in [0.2, 0.25) is 0 Å². The fourth-order valence-electron chi connectivity index (χ4n) is 3.57. The Balaban J connectivity index is 1.99. The van der Waals surface area contributed by atoms with E-state index in [2.05, 4.69) is 30.3 Å². The maximum absolute atomic E-state index is 13.3. The molecule has 0 unspecified atom stereocenters. The highest BCUT2D eigenvalue weighted by Crippen LogP contribution is 2.44. The topological polar surface area (TPSA) is 17.1 Å². The van der Waals surface area contributed by atoms with Gasteiger partial charge in [0.05, 0.1) is 5.41 Å². The van der Waals surface area contributed by atoms with Gasteiger partial charge in [-0.1, -0.05) is 84.9 Å². The van der Waals surface area contributed by atoms with Crippen molar-refractivity contribution in [1.82, 2.24) is 0 Å². The summed E-state index contributed by atoms with van der Waals surface area (Å²) in [5.41, 5.74) is 3.55. The molecule has 0 spiro atoms. The van der Waals surface area contributed by atoms with Gasteiger partial charge in [-0.15, -0.1) is 0 Å². The highest BCUT2D eigenvalue weighted by atomic mass is 16.1. The molecule has 0 saturated heterocycles. The van der Waals surface area contributed by atoms with Crippen molar-refractivity contribution in [2.24, 2.45) is 0 Å². The van der Waals surface area contributed by atoms with Crippen molar-refractivity contribution in [2.75, 3.05) is 0 Å². The van der Waals surface area contributed by atoms with Gasteiger partial charge in [-0.25, -0.2) is 0 Å². The van der Waals surface area contributed by atoms with Crippen LogP contribution in [0, 0.1) is 0 Å². The molecule has 1 nitrogen and oxygen atoms in total. The van der Waals surface area contributed by atoms with Crippen molar-refractivity contribution in [3.63, 3.8) is 0 Å². The Morgan fingerprint density at radius 2 is 1.14 bits per heavy atom. The summed E-state index contributed by atoms with van der Waals surface area (Å²) in [6.07, 6.45) is 0.732. The van der Waals surface area contributed by atoms with Gasteiger partial charge in [-0.2, -0.15) is 0 Å². The van der Waals surface area contributed by atoms with Crippen molar-refractivity contribution < 1.29 is 4.79 Å². The number of hydrogen-bond acceptors (Lipinski definition) is 1. The molecule has 3 aromatic rings. The molecule has 0 aromatic heterocycles. The predicted octanol–water partition coefficient (Wildman–Crippen LogP) is 4.41. The number of benzene rings is 3. The highest BCUT2D eigenvalue weighted by molar-refractivity contribution is 6.10. The van der Waals surface area contributed by atoms with Gasteiger partial charge in [0, 0.05) is 5.56 Å². The van der Waals surface area contributed by atoms with E-state index in [0.717, 1.165) is 28.7 Å². The van der Waals surface area contributed by atoms with E-state index in [1.807, 2.05) is 54.6 Å². The molecule has 1 aliphatic rings. The average Bonchev–Trinajstić information content (AvgIpc) is 2.91. The van der Waals surface area contributed by atoms with E-state index in [4.69, 9.17) is 0 Å². The van der Waals surface area contributed by atoms with Crippen LogP contribution < -0.4 is 0 Å². The molecule has 1 aliphatic carbocycles. The summed E-state index contributed by atoms with van der Waals surface area (Å²) in [5, 5.41) is 0. The summed E-state index contributed by atoms with van der Waals surface area (Å²) in [5.74, 6) is 0.209. The molecule has 22 heavy (non-hydrogen) atoms. The zero-order chi connectivity index (χ0) is 15.0. The third-order valence-corrected chi connectivity index (χ3v) is 4.64. The molecule has 0 aliphatic heterocycles. The highest BCUT2D eigenvalue weighted by Gasteiger charge is 2.47. The second-order valence-electron chi connectivity index (χ2n) is 5.80. The Hall–Kier alpha value is -2.67. The molecule has 0 N–H and O–H groups in total. The Labute approximate surface area is 130 Å². The lowest BCUT2D eigenvalue weighted by Crippen LogP contribution is -2.34. The number of hydrogen-bond donors (Lipinski definition) is 0. The molecule has 0 fully saturated rings. The van der Waals surface area contributed by atoms with Crippen molar-refractivity contribution in [1.29, 1.82) is 0 Å². The smallest absolute Gasteiger partial charge is 0.178 e. The van der Waals surface area contributed by atoms with Crippen LogP contribution in [0.1, 0.15) is 27.0 Å². The average molecular weight is 284 g/mol. The van der Waals surface area contributed by atoms with Crippen LogP contribution in [-0.2, 0) is 11.8 Å². The minimum atomic E-state index is -0.591. The van der Waals surface area contributed by atoms with E-state index in [-0.39, 0.29) is 5.78 Å². The van der Waals surface area contributed by atoms with Crippen LogP contribution in [0.15, 0.2) is 84.9 Å². The summed E-state index contributed by atoms with van der Waals surface area (Å²) in [7, 11) is 0. The Kier molecular flexibility index (Phi) is 2.93. The fourth-order valence-corrected chi connectivity index (χ4v) is 3.57. The molecule has 4 rings (SSSR count). The summed E-state index contributed by atoms with van der Waals surface area (Å²) in [4.78, 5) is 13.3. The number of fused-ring (bicyclic) bond motifs is 1. The van der Waals surface area contributed by atoms with Gasteiger partial charge >= 0.3 is 0 Å². The van der Waals surface area contributed by atoms with Gasteiger partial charge in [0.1, 0.15) is 0 Å². The first kappa shape index (κ1) is 13.0. The van der Waals surface area contributed by atoms with Gasteiger partial charge < -0.3 is 0 Å². The number of rotatable bonds is 2. The van der Waals surface area contributed by atoms with Gasteiger partial charge in [0.15, 0.2) is 5.78 Å². The lowest BCUT2D eigenvalue weighted by molar-refractivity contribution is 0.0929. The lowest BCUT2D eigenvalue weighted by atomic mass is 9.71. The van der Waals surface area contributed by atoms with Crippen molar-refractivity contribution in [3.8, 4) is 0 Å². The molecule has 0 bridgehead atoms. The minimum absolute atomic E-state index is 0.209. The summed E-state index contributed by atoms with van der Waals surface area (Å²) >= 11 is 0. The second kappa shape index (κ2) is 4.96. The van der Waals surface area contributed by atoms with Crippen molar-refractivity contribution in [3.05, 3.63) is 107 Å². The summed E-state index contributed by atoms with van der Waals surface area (Å²) < 4.78 is 0. The van der Waals surface area contributed by atoms with E-state index in [1.165, 1.54) is 0 Å². The molecule has 0 atom stereocenters. The Bertz CT molecular complexity index is 779. The molecule has 3 aromatic carbocycles. The monoisotopic (exact) mass is 284 g/mol. The van der Waals surface area contributed by atoms with Gasteiger partial charge in [0.25, 0.3) is 0 Å². The Morgan fingerprint density at radius 1 is 0.636 bits per heavy atom. The third-order valence-electron chi connectivity index (χ3n) is 4.64. The van der Waals surface area contributed by atoms with E-state index in [9.17, 15) is 4.79 Å². The molecular weight excluding hydrogens is 268 g/mol. The zero-order valence-electron chi connectivity index (χ0n) is 12.2. The largest absolute Gasteiger partial charge is 0.293 e. The first-order chi connectivity index (χ1) is 10.8. The number of carbonyl (C=O) groups is 1. The molecular formula is C21H16O. The van der Waals surface area contributed by atoms with E-state index in [0.29, 0.717) is 0 Å². The first-order valence-electron chi connectivity index (χ1n) is 7.56. The summed E-state index contributed by atoms with van der Waals surface area (Å²) in [6.45, 7) is 0. The van der Waals surface area contributed by atoms with Crippen LogP contribution in [0.3, 0.4) is 0 Å². The summed E-state index contributed by atoms with van der Waals surface area (Å²) in [6, 6.07) is 28.3. The van der Waals surface area contributed by atoms with Crippen LogP contribution in [0.5, 0.6) is 0 Å². The van der Waals surface area contributed by atoms with Gasteiger partial charge in [-0.05, 0) is 23.1 Å². The maximum atomic E-state index is 13.3. The second-order valence-corrected chi connectivity index (χ2v) is 5.80. The van der Waals surface area contributed by atoms with Crippen LogP contribution >= 0.6 is 0 Å².